The Morgan fingerprint density at radius 1 is 1.03 bits per heavy atom. The fourth-order valence-corrected chi connectivity index (χ4v) is 8.41. The molecule has 4 saturated carbocycles. The van der Waals surface area contributed by atoms with Gasteiger partial charge in [-0.1, -0.05) is 62.4 Å². The maximum Gasteiger partial charge on any atom is 0.465 e. The molecule has 4 aliphatic carbocycles. The van der Waals surface area contributed by atoms with Crippen LogP contribution in [0.15, 0.2) is 48.5 Å². The average molecular weight is 562 g/mol. The molecule has 2 aromatic carbocycles. The van der Waals surface area contributed by atoms with E-state index in [0.717, 1.165) is 42.5 Å². The van der Waals surface area contributed by atoms with Gasteiger partial charge in [0.05, 0.1) is 0 Å². The first-order valence-electron chi connectivity index (χ1n) is 13.5. The summed E-state index contributed by atoms with van der Waals surface area (Å²) >= 11 is 0. The molecule has 2 atom stereocenters. The predicted molar refractivity (Wildman–Crippen MR) is 145 cm³/mol. The van der Waals surface area contributed by atoms with Crippen molar-refractivity contribution >= 4 is 16.1 Å². The molecule has 6 nitrogen and oxygen atoms in total. The predicted octanol–water partition coefficient (Wildman–Crippen LogP) is 5.81. The number of hydrogen-bond donors (Lipinski definition) is 1. The quantitative estimate of drug-likeness (QED) is 0.324. The molecule has 39 heavy (non-hydrogen) atoms. The normalized spacial score (nSPS) is 28.6. The topological polar surface area (TPSA) is 83.9 Å². The summed E-state index contributed by atoms with van der Waals surface area (Å²) in [4.78, 5) is 14.6. The maximum atomic E-state index is 14.2. The van der Waals surface area contributed by atoms with E-state index >= 15 is 0 Å². The van der Waals surface area contributed by atoms with E-state index in [1.165, 1.54) is 5.56 Å². The number of likely N-dealkylation sites (N-methyl/N-ethyl adjacent to an activating group) is 1. The largest absolute Gasteiger partial charge is 0.465 e. The van der Waals surface area contributed by atoms with E-state index in [-0.39, 0.29) is 22.7 Å². The van der Waals surface area contributed by atoms with Gasteiger partial charge >= 0.3 is 21.3 Å². The zero-order chi connectivity index (χ0) is 28.4. The van der Waals surface area contributed by atoms with Gasteiger partial charge in [0.2, 0.25) is 0 Å². The van der Waals surface area contributed by atoms with Crippen LogP contribution in [0.3, 0.4) is 0 Å². The van der Waals surface area contributed by atoms with Gasteiger partial charge in [0.15, 0.2) is 0 Å². The van der Waals surface area contributed by atoms with Crippen LogP contribution in [0.4, 0.5) is 8.78 Å². The molecule has 0 spiro atoms. The minimum absolute atomic E-state index is 0.0259. The van der Waals surface area contributed by atoms with Crippen molar-refractivity contribution in [2.24, 2.45) is 11.8 Å². The summed E-state index contributed by atoms with van der Waals surface area (Å²) in [5.74, 6) is -1.83. The molecule has 4 bridgehead atoms. The highest BCUT2D eigenvalue weighted by Crippen LogP contribution is 2.64. The number of halogens is 2. The summed E-state index contributed by atoms with van der Waals surface area (Å²) in [7, 11) is -1.80. The molecule has 0 aromatic heterocycles. The van der Waals surface area contributed by atoms with Crippen molar-refractivity contribution in [3.63, 3.8) is 0 Å². The lowest BCUT2D eigenvalue weighted by atomic mass is 9.46. The molecule has 0 aliphatic heterocycles. The highest BCUT2D eigenvalue weighted by Gasteiger charge is 2.63. The van der Waals surface area contributed by atoms with Crippen molar-refractivity contribution in [2.75, 3.05) is 20.6 Å². The van der Waals surface area contributed by atoms with Gasteiger partial charge in [-0.25, -0.2) is 4.79 Å². The van der Waals surface area contributed by atoms with Crippen LogP contribution in [0.1, 0.15) is 63.5 Å². The van der Waals surface area contributed by atoms with Gasteiger partial charge < -0.3 is 9.64 Å². The molecular weight excluding hydrogens is 524 g/mol. The third-order valence-electron chi connectivity index (χ3n) is 9.07. The lowest BCUT2D eigenvalue weighted by Crippen LogP contribution is -2.60. The number of ether oxygens (including phenoxy) is 1. The van der Waals surface area contributed by atoms with Crippen LogP contribution >= 0.6 is 0 Å². The van der Waals surface area contributed by atoms with Crippen molar-refractivity contribution in [1.29, 1.82) is 0 Å². The van der Waals surface area contributed by atoms with Gasteiger partial charge in [0, 0.05) is 17.4 Å². The van der Waals surface area contributed by atoms with Gasteiger partial charge in [-0.15, -0.1) is 0 Å². The number of carbonyl (C=O) groups excluding carboxylic acids is 1. The van der Waals surface area contributed by atoms with E-state index in [9.17, 15) is 22.0 Å². The fourth-order valence-electron chi connectivity index (χ4n) is 8.15. The Morgan fingerprint density at radius 3 is 2.18 bits per heavy atom. The second kappa shape index (κ2) is 9.35. The minimum atomic E-state index is -5.93. The van der Waals surface area contributed by atoms with Crippen LogP contribution in [-0.2, 0) is 30.5 Å². The Labute approximate surface area is 229 Å². The number of nitrogens with zero attached hydrogens (tertiary/aromatic N) is 1. The summed E-state index contributed by atoms with van der Waals surface area (Å²) < 4.78 is 65.1. The van der Waals surface area contributed by atoms with Crippen molar-refractivity contribution < 1.29 is 31.3 Å². The van der Waals surface area contributed by atoms with Crippen molar-refractivity contribution in [3.8, 4) is 11.1 Å². The van der Waals surface area contributed by atoms with Crippen LogP contribution in [0.25, 0.3) is 11.1 Å². The monoisotopic (exact) mass is 561 g/mol. The summed E-state index contributed by atoms with van der Waals surface area (Å²) in [6, 6.07) is 16.7. The average Bonchev–Trinajstić information content (AvgIpc) is 2.81. The van der Waals surface area contributed by atoms with E-state index in [0.29, 0.717) is 19.3 Å². The Kier molecular flexibility index (Phi) is 6.75. The molecule has 2 aromatic rings. The number of hydrogen-bond acceptors (Lipinski definition) is 5. The molecule has 4 aliphatic rings. The SMILES string of the molecule is CN(C)CC(C)(C)c1ccc(-c2ccccc2C23CC4CC(CC(OC(=O)C(F)(F)S(=O)(=O)O)(C4)C2)C3)cc1. The molecular formula is C30H37F2NO5S. The molecule has 0 amide bonds. The Hall–Kier alpha value is -2.36. The second-order valence-corrected chi connectivity index (χ2v) is 14.5. The van der Waals surface area contributed by atoms with E-state index < -0.39 is 26.9 Å². The van der Waals surface area contributed by atoms with E-state index in [1.54, 1.807) is 0 Å². The molecule has 212 valence electrons. The highest BCUT2D eigenvalue weighted by atomic mass is 32.2. The van der Waals surface area contributed by atoms with Crippen molar-refractivity contribution in [2.45, 2.75) is 74.1 Å². The van der Waals surface area contributed by atoms with Crippen LogP contribution in [0.2, 0.25) is 0 Å². The molecule has 0 radical (unpaired) electrons. The molecule has 2 unspecified atom stereocenters. The third kappa shape index (κ3) is 5.02. The van der Waals surface area contributed by atoms with Crippen LogP contribution in [0.5, 0.6) is 0 Å². The zero-order valence-electron chi connectivity index (χ0n) is 22.9. The van der Waals surface area contributed by atoms with Crippen LogP contribution in [-0.4, -0.2) is 55.3 Å². The summed E-state index contributed by atoms with van der Waals surface area (Å²) in [5, 5.41) is -5.00. The first kappa shape index (κ1) is 28.2. The smallest absolute Gasteiger partial charge is 0.454 e. The first-order chi connectivity index (χ1) is 18.1. The van der Waals surface area contributed by atoms with Crippen molar-refractivity contribution in [3.05, 3.63) is 59.7 Å². The number of carbonyl (C=O) groups is 1. The Bertz CT molecular complexity index is 1360. The van der Waals surface area contributed by atoms with E-state index in [1.807, 2.05) is 12.1 Å². The molecule has 9 heteroatoms. The van der Waals surface area contributed by atoms with Gasteiger partial charge in [0.25, 0.3) is 0 Å². The summed E-state index contributed by atoms with van der Waals surface area (Å²) in [6.45, 7) is 5.35. The lowest BCUT2D eigenvalue weighted by Gasteiger charge is -2.61. The summed E-state index contributed by atoms with van der Waals surface area (Å²) in [6.07, 6.45) is 3.87. The van der Waals surface area contributed by atoms with Crippen LogP contribution in [0, 0.1) is 11.8 Å². The van der Waals surface area contributed by atoms with Gasteiger partial charge in [0.1, 0.15) is 5.60 Å². The third-order valence-corrected chi connectivity index (χ3v) is 9.88. The number of esters is 1. The highest BCUT2D eigenvalue weighted by molar-refractivity contribution is 7.87. The Balaban J connectivity index is 1.49. The molecule has 1 N–H and O–H groups in total. The zero-order valence-corrected chi connectivity index (χ0v) is 23.7. The summed E-state index contributed by atoms with van der Waals surface area (Å²) in [5.41, 5.74) is 2.90. The van der Waals surface area contributed by atoms with Gasteiger partial charge in [-0.2, -0.15) is 17.2 Å². The first-order valence-corrected chi connectivity index (χ1v) is 14.9. The lowest BCUT2D eigenvalue weighted by molar-refractivity contribution is -0.204. The minimum Gasteiger partial charge on any atom is -0.454 e. The molecule has 0 saturated heterocycles. The Morgan fingerprint density at radius 2 is 1.62 bits per heavy atom. The van der Waals surface area contributed by atoms with Crippen molar-refractivity contribution in [1.82, 2.24) is 4.90 Å². The number of alkyl halides is 2. The van der Waals surface area contributed by atoms with Gasteiger partial charge in [-0.3, -0.25) is 4.55 Å². The molecule has 6 rings (SSSR count). The molecule has 0 heterocycles. The maximum absolute atomic E-state index is 14.2. The number of rotatable bonds is 8. The van der Waals surface area contributed by atoms with E-state index in [2.05, 4.69) is 69.2 Å². The molecule has 4 fully saturated rings. The second-order valence-electron chi connectivity index (χ2n) is 13.1. The number of benzene rings is 2. The van der Waals surface area contributed by atoms with Crippen LogP contribution < -0.4 is 0 Å². The fraction of sp³-hybridized carbons (Fsp3) is 0.567. The standard InChI is InChI=1S/C30H37F2NO5S/c1-27(2,19-33(3)4)23-11-9-22(10-12-23)24-7-5-6-8-25(24)28-14-20-13-21(15-28)17-29(16-20,18-28)38-26(34)30(31,32)39(35,36)37/h5-12,20-21H,13-19H2,1-4H3,(H,35,36,37). The van der Waals surface area contributed by atoms with Gasteiger partial charge in [-0.05, 0) is 86.7 Å². The van der Waals surface area contributed by atoms with E-state index in [4.69, 9.17) is 9.29 Å².